The SMILES string of the molecule is C.C=CCC1C=CCCC1. The number of hydrogen-bond acceptors (Lipinski definition) is 0. The highest BCUT2D eigenvalue weighted by Crippen LogP contribution is 2.19. The van der Waals surface area contributed by atoms with E-state index in [-0.39, 0.29) is 7.43 Å². The predicted molar refractivity (Wildman–Crippen MR) is 48.0 cm³/mol. The van der Waals surface area contributed by atoms with Gasteiger partial charge in [0.1, 0.15) is 0 Å². The average Bonchev–Trinajstić information content (AvgIpc) is 1.91. The second-order valence-corrected chi connectivity index (χ2v) is 2.64. The Balaban J connectivity index is 0.000000810. The molecule has 0 amide bonds. The molecule has 1 atom stereocenters. The first-order chi connectivity index (χ1) is 4.43. The lowest BCUT2D eigenvalue weighted by molar-refractivity contribution is 0.547. The molecule has 0 heteroatoms. The van der Waals surface area contributed by atoms with Crippen molar-refractivity contribution in [2.24, 2.45) is 5.92 Å². The van der Waals surface area contributed by atoms with E-state index in [2.05, 4.69) is 18.7 Å². The van der Waals surface area contributed by atoms with E-state index >= 15 is 0 Å². The first-order valence-corrected chi connectivity index (χ1v) is 3.71. The molecule has 0 saturated carbocycles. The van der Waals surface area contributed by atoms with Crippen LogP contribution in [0.15, 0.2) is 24.8 Å². The van der Waals surface area contributed by atoms with Crippen LogP contribution in [0.1, 0.15) is 33.1 Å². The third-order valence-electron chi connectivity index (χ3n) is 1.82. The minimum absolute atomic E-state index is 0. The molecular formula is C10H18. The van der Waals surface area contributed by atoms with Crippen molar-refractivity contribution in [1.82, 2.24) is 0 Å². The highest BCUT2D eigenvalue weighted by molar-refractivity contribution is 4.95. The second kappa shape index (κ2) is 5.28. The maximum Gasteiger partial charge on any atom is -0.0199 e. The van der Waals surface area contributed by atoms with Crippen LogP contribution in [0.4, 0.5) is 0 Å². The fraction of sp³-hybridized carbons (Fsp3) is 0.600. The first-order valence-electron chi connectivity index (χ1n) is 3.71. The summed E-state index contributed by atoms with van der Waals surface area (Å²) in [5.41, 5.74) is 0. The van der Waals surface area contributed by atoms with E-state index in [0.29, 0.717) is 0 Å². The van der Waals surface area contributed by atoms with Gasteiger partial charge in [-0.1, -0.05) is 25.7 Å². The van der Waals surface area contributed by atoms with Crippen LogP contribution in [0.2, 0.25) is 0 Å². The molecule has 58 valence electrons. The van der Waals surface area contributed by atoms with Crippen LogP contribution in [-0.2, 0) is 0 Å². The van der Waals surface area contributed by atoms with Crippen LogP contribution in [0.5, 0.6) is 0 Å². The van der Waals surface area contributed by atoms with E-state index in [1.165, 1.54) is 19.3 Å². The van der Waals surface area contributed by atoms with Crippen LogP contribution < -0.4 is 0 Å². The maximum atomic E-state index is 3.72. The molecule has 0 aliphatic heterocycles. The molecule has 0 aromatic carbocycles. The molecule has 1 aliphatic rings. The van der Waals surface area contributed by atoms with Gasteiger partial charge in [0.05, 0.1) is 0 Å². The van der Waals surface area contributed by atoms with E-state index in [0.717, 1.165) is 12.3 Å². The van der Waals surface area contributed by atoms with E-state index in [4.69, 9.17) is 0 Å². The van der Waals surface area contributed by atoms with E-state index < -0.39 is 0 Å². The second-order valence-electron chi connectivity index (χ2n) is 2.64. The third-order valence-corrected chi connectivity index (χ3v) is 1.82. The van der Waals surface area contributed by atoms with Crippen molar-refractivity contribution >= 4 is 0 Å². The van der Waals surface area contributed by atoms with Gasteiger partial charge in [-0.05, 0) is 31.6 Å². The zero-order valence-corrected chi connectivity index (χ0v) is 5.84. The fourth-order valence-corrected chi connectivity index (χ4v) is 1.29. The zero-order valence-electron chi connectivity index (χ0n) is 5.84. The van der Waals surface area contributed by atoms with Gasteiger partial charge in [0, 0.05) is 0 Å². The summed E-state index contributed by atoms with van der Waals surface area (Å²) in [6, 6.07) is 0. The Morgan fingerprint density at radius 2 is 2.40 bits per heavy atom. The van der Waals surface area contributed by atoms with Crippen LogP contribution in [0, 0.1) is 5.92 Å². The summed E-state index contributed by atoms with van der Waals surface area (Å²) >= 11 is 0. The fourth-order valence-electron chi connectivity index (χ4n) is 1.29. The monoisotopic (exact) mass is 138 g/mol. The van der Waals surface area contributed by atoms with Gasteiger partial charge in [-0.15, -0.1) is 6.58 Å². The van der Waals surface area contributed by atoms with Crippen molar-refractivity contribution in [2.45, 2.75) is 33.1 Å². The molecule has 0 bridgehead atoms. The molecule has 10 heavy (non-hydrogen) atoms. The molecule has 0 spiro atoms. The first kappa shape index (κ1) is 9.48. The standard InChI is InChI=1S/C9H14.CH4/c1-2-6-9-7-4-3-5-8-9;/h2,4,7,9H,1,3,5-6,8H2;1H4. The van der Waals surface area contributed by atoms with Gasteiger partial charge in [0.15, 0.2) is 0 Å². The Hall–Kier alpha value is -0.520. The molecular weight excluding hydrogens is 120 g/mol. The van der Waals surface area contributed by atoms with E-state index in [1.807, 2.05) is 6.08 Å². The molecule has 0 nitrogen and oxygen atoms in total. The van der Waals surface area contributed by atoms with Crippen LogP contribution >= 0.6 is 0 Å². The lowest BCUT2D eigenvalue weighted by atomic mass is 9.93. The molecule has 0 radical (unpaired) electrons. The maximum absolute atomic E-state index is 3.72. The summed E-state index contributed by atoms with van der Waals surface area (Å²) in [6.45, 7) is 3.72. The van der Waals surface area contributed by atoms with Gasteiger partial charge < -0.3 is 0 Å². The lowest BCUT2D eigenvalue weighted by Gasteiger charge is -2.12. The van der Waals surface area contributed by atoms with E-state index in [9.17, 15) is 0 Å². The van der Waals surface area contributed by atoms with E-state index in [1.54, 1.807) is 0 Å². The number of hydrogen-bond donors (Lipinski definition) is 0. The number of rotatable bonds is 2. The Morgan fingerprint density at radius 3 is 2.90 bits per heavy atom. The molecule has 1 rings (SSSR count). The van der Waals surface area contributed by atoms with Gasteiger partial charge in [0.25, 0.3) is 0 Å². The van der Waals surface area contributed by atoms with Gasteiger partial charge in [-0.25, -0.2) is 0 Å². The summed E-state index contributed by atoms with van der Waals surface area (Å²) in [5.74, 6) is 0.802. The highest BCUT2D eigenvalue weighted by Gasteiger charge is 2.04. The highest BCUT2D eigenvalue weighted by atomic mass is 14.1. The zero-order chi connectivity index (χ0) is 6.53. The Morgan fingerprint density at radius 1 is 1.60 bits per heavy atom. The molecule has 0 aromatic rings. The molecule has 1 unspecified atom stereocenters. The van der Waals surface area contributed by atoms with Crippen molar-refractivity contribution in [1.29, 1.82) is 0 Å². The normalized spacial score (nSPS) is 23.4. The Kier molecular flexibility index (Phi) is 5.00. The van der Waals surface area contributed by atoms with Gasteiger partial charge >= 0.3 is 0 Å². The summed E-state index contributed by atoms with van der Waals surface area (Å²) < 4.78 is 0. The van der Waals surface area contributed by atoms with Crippen molar-refractivity contribution in [3.8, 4) is 0 Å². The smallest absolute Gasteiger partial charge is 0.0199 e. The summed E-state index contributed by atoms with van der Waals surface area (Å²) in [4.78, 5) is 0. The van der Waals surface area contributed by atoms with Crippen molar-refractivity contribution < 1.29 is 0 Å². The van der Waals surface area contributed by atoms with Crippen LogP contribution in [-0.4, -0.2) is 0 Å². The lowest BCUT2D eigenvalue weighted by Crippen LogP contribution is -1.98. The molecule has 0 aromatic heterocycles. The summed E-state index contributed by atoms with van der Waals surface area (Å²) in [5, 5.41) is 0. The molecule has 0 heterocycles. The minimum atomic E-state index is 0. The topological polar surface area (TPSA) is 0 Å². The van der Waals surface area contributed by atoms with Gasteiger partial charge in [0.2, 0.25) is 0 Å². The van der Waals surface area contributed by atoms with Gasteiger partial charge in [-0.3, -0.25) is 0 Å². The van der Waals surface area contributed by atoms with Crippen molar-refractivity contribution in [2.75, 3.05) is 0 Å². The van der Waals surface area contributed by atoms with Crippen molar-refractivity contribution in [3.63, 3.8) is 0 Å². The van der Waals surface area contributed by atoms with Crippen molar-refractivity contribution in [3.05, 3.63) is 24.8 Å². The Labute approximate surface area is 64.6 Å². The quantitative estimate of drug-likeness (QED) is 0.512. The van der Waals surface area contributed by atoms with Crippen LogP contribution in [0.3, 0.4) is 0 Å². The molecule has 0 saturated heterocycles. The molecule has 0 fully saturated rings. The third kappa shape index (κ3) is 2.86. The summed E-state index contributed by atoms with van der Waals surface area (Å²) in [7, 11) is 0. The Bertz CT molecular complexity index is 111. The summed E-state index contributed by atoms with van der Waals surface area (Å²) in [6.07, 6.45) is 11.8. The molecule has 0 N–H and O–H groups in total. The predicted octanol–water partition coefficient (Wildman–Crippen LogP) is 3.55. The molecule has 1 aliphatic carbocycles. The van der Waals surface area contributed by atoms with Crippen LogP contribution in [0.25, 0.3) is 0 Å². The minimum Gasteiger partial charge on any atom is -0.103 e. The largest absolute Gasteiger partial charge is 0.103 e. The average molecular weight is 138 g/mol. The van der Waals surface area contributed by atoms with Gasteiger partial charge in [-0.2, -0.15) is 0 Å². The number of allylic oxidation sites excluding steroid dienone is 3.